The monoisotopic (exact) mass is 385 g/mol. The number of likely N-dealkylation sites (tertiary alicyclic amines) is 1. The molecule has 0 spiro atoms. The first-order valence-electron chi connectivity index (χ1n) is 10.5. The molecule has 1 aliphatic heterocycles. The van der Waals surface area contributed by atoms with Crippen molar-refractivity contribution in [3.63, 3.8) is 0 Å². The standard InChI is InChI=1S/C26H24FNO/c27-22-16-20(18-10-4-1-5-11-18)24(19-12-6-2-7-13-19)21-17-23(26(29)25(21)22)28-14-8-3-9-15-28/h1-2,4-7,10-13,16,23H,3,8-9,14-15,17H2. The van der Waals surface area contributed by atoms with Crippen molar-refractivity contribution < 1.29 is 9.18 Å². The minimum Gasteiger partial charge on any atom is -0.293 e. The minimum absolute atomic E-state index is 0.0452. The van der Waals surface area contributed by atoms with Gasteiger partial charge in [-0.1, -0.05) is 67.1 Å². The molecule has 1 atom stereocenters. The fraction of sp³-hybridized carbons (Fsp3) is 0.269. The van der Waals surface area contributed by atoms with Crippen molar-refractivity contribution >= 4 is 5.78 Å². The lowest BCUT2D eigenvalue weighted by atomic mass is 9.88. The molecule has 3 heteroatoms. The molecule has 1 saturated heterocycles. The van der Waals surface area contributed by atoms with Gasteiger partial charge in [-0.3, -0.25) is 9.69 Å². The molecule has 146 valence electrons. The lowest BCUT2D eigenvalue weighted by Gasteiger charge is -2.31. The van der Waals surface area contributed by atoms with Gasteiger partial charge in [0.25, 0.3) is 0 Å². The van der Waals surface area contributed by atoms with Gasteiger partial charge in [0.1, 0.15) is 5.82 Å². The van der Waals surface area contributed by atoms with Crippen LogP contribution in [0.15, 0.2) is 66.7 Å². The number of fused-ring (bicyclic) bond motifs is 1. The van der Waals surface area contributed by atoms with E-state index in [1.807, 2.05) is 48.5 Å². The van der Waals surface area contributed by atoms with Crippen LogP contribution in [-0.4, -0.2) is 29.8 Å². The molecule has 1 unspecified atom stereocenters. The second-order valence-corrected chi connectivity index (χ2v) is 8.05. The van der Waals surface area contributed by atoms with Crippen molar-refractivity contribution in [2.45, 2.75) is 31.7 Å². The van der Waals surface area contributed by atoms with Crippen molar-refractivity contribution in [3.05, 3.63) is 83.7 Å². The first kappa shape index (κ1) is 18.3. The zero-order chi connectivity index (χ0) is 19.8. The molecule has 0 amide bonds. The third kappa shape index (κ3) is 3.20. The van der Waals surface area contributed by atoms with Gasteiger partial charge in [0.05, 0.1) is 11.6 Å². The van der Waals surface area contributed by atoms with E-state index >= 15 is 4.39 Å². The molecule has 0 bridgehead atoms. The third-order valence-corrected chi connectivity index (χ3v) is 6.31. The Balaban J connectivity index is 1.70. The lowest BCUT2D eigenvalue weighted by Crippen LogP contribution is -2.42. The van der Waals surface area contributed by atoms with E-state index in [0.717, 1.165) is 53.7 Å². The highest BCUT2D eigenvalue weighted by Crippen LogP contribution is 2.42. The van der Waals surface area contributed by atoms with E-state index in [4.69, 9.17) is 0 Å². The average molecular weight is 385 g/mol. The fourth-order valence-corrected chi connectivity index (χ4v) is 4.93. The second-order valence-electron chi connectivity index (χ2n) is 8.05. The Bertz CT molecular complexity index is 1040. The Morgan fingerprint density at radius 2 is 1.41 bits per heavy atom. The summed E-state index contributed by atoms with van der Waals surface area (Å²) in [6, 6.07) is 21.3. The smallest absolute Gasteiger partial charge is 0.183 e. The number of benzene rings is 3. The number of rotatable bonds is 3. The lowest BCUT2D eigenvalue weighted by molar-refractivity contribution is 0.0808. The molecule has 1 aliphatic carbocycles. The molecule has 29 heavy (non-hydrogen) atoms. The third-order valence-electron chi connectivity index (χ3n) is 6.31. The highest BCUT2D eigenvalue weighted by Gasteiger charge is 2.39. The van der Waals surface area contributed by atoms with Gasteiger partial charge in [-0.15, -0.1) is 0 Å². The van der Waals surface area contributed by atoms with Crippen molar-refractivity contribution in [2.75, 3.05) is 13.1 Å². The molecule has 2 aliphatic rings. The minimum atomic E-state index is -0.386. The normalized spacial score (nSPS) is 19.3. The predicted molar refractivity (Wildman–Crippen MR) is 115 cm³/mol. The van der Waals surface area contributed by atoms with Crippen LogP contribution in [0.4, 0.5) is 4.39 Å². The van der Waals surface area contributed by atoms with E-state index in [2.05, 4.69) is 17.0 Å². The number of carbonyl (C=O) groups excluding carboxylic acids is 1. The van der Waals surface area contributed by atoms with Crippen molar-refractivity contribution in [1.29, 1.82) is 0 Å². The molecule has 0 saturated carbocycles. The van der Waals surface area contributed by atoms with Crippen LogP contribution in [0, 0.1) is 5.82 Å². The van der Waals surface area contributed by atoms with Gasteiger partial charge in [-0.05, 0) is 66.2 Å². The molecule has 0 aromatic heterocycles. The summed E-state index contributed by atoms with van der Waals surface area (Å²) < 4.78 is 15.3. The molecular weight excluding hydrogens is 361 g/mol. The summed E-state index contributed by atoms with van der Waals surface area (Å²) in [4.78, 5) is 15.5. The number of carbonyl (C=O) groups is 1. The van der Waals surface area contributed by atoms with Crippen molar-refractivity contribution in [3.8, 4) is 22.3 Å². The van der Waals surface area contributed by atoms with Crippen LogP contribution in [0.2, 0.25) is 0 Å². The van der Waals surface area contributed by atoms with Crippen LogP contribution in [0.5, 0.6) is 0 Å². The molecule has 5 rings (SSSR count). The Morgan fingerprint density at radius 3 is 2.07 bits per heavy atom. The second kappa shape index (κ2) is 7.57. The Kier molecular flexibility index (Phi) is 4.76. The van der Waals surface area contributed by atoms with E-state index < -0.39 is 0 Å². The van der Waals surface area contributed by atoms with Gasteiger partial charge >= 0.3 is 0 Å². The van der Waals surface area contributed by atoms with Gasteiger partial charge in [-0.25, -0.2) is 4.39 Å². The number of Topliss-reactive ketones (excluding diaryl/α,β-unsaturated/α-hetero) is 1. The largest absolute Gasteiger partial charge is 0.293 e. The Morgan fingerprint density at radius 1 is 0.793 bits per heavy atom. The summed E-state index contributed by atoms with van der Waals surface area (Å²) in [7, 11) is 0. The van der Waals surface area contributed by atoms with Gasteiger partial charge in [0.2, 0.25) is 0 Å². The quantitative estimate of drug-likeness (QED) is 0.572. The van der Waals surface area contributed by atoms with E-state index in [1.165, 1.54) is 6.42 Å². The van der Waals surface area contributed by atoms with E-state index in [-0.39, 0.29) is 17.6 Å². The van der Waals surface area contributed by atoms with Crippen molar-refractivity contribution in [1.82, 2.24) is 4.90 Å². The zero-order valence-corrected chi connectivity index (χ0v) is 16.4. The molecule has 0 N–H and O–H groups in total. The topological polar surface area (TPSA) is 20.3 Å². The molecule has 1 heterocycles. The number of halogens is 1. The van der Waals surface area contributed by atoms with Gasteiger partial charge in [-0.2, -0.15) is 0 Å². The number of hydrogen-bond acceptors (Lipinski definition) is 2. The SMILES string of the molecule is O=C1c2c(F)cc(-c3ccccc3)c(-c3ccccc3)c2CC1N1CCCCC1. The van der Waals surface area contributed by atoms with E-state index in [9.17, 15) is 4.79 Å². The van der Waals surface area contributed by atoms with Gasteiger partial charge < -0.3 is 0 Å². The summed E-state index contributed by atoms with van der Waals surface area (Å²) in [6.45, 7) is 1.86. The number of ketones is 1. The molecule has 1 fully saturated rings. The first-order chi connectivity index (χ1) is 14.2. The molecule has 2 nitrogen and oxygen atoms in total. The average Bonchev–Trinajstić information content (AvgIpc) is 3.13. The summed E-state index contributed by atoms with van der Waals surface area (Å²) >= 11 is 0. The van der Waals surface area contributed by atoms with Crippen LogP contribution in [0.25, 0.3) is 22.3 Å². The van der Waals surface area contributed by atoms with E-state index in [1.54, 1.807) is 6.07 Å². The molecular formula is C26H24FNO. The molecule has 0 radical (unpaired) electrons. The summed E-state index contributed by atoms with van der Waals surface area (Å²) in [5, 5.41) is 0. The maximum atomic E-state index is 15.3. The van der Waals surface area contributed by atoms with Gasteiger partial charge in [0.15, 0.2) is 5.78 Å². The van der Waals surface area contributed by atoms with E-state index in [0.29, 0.717) is 12.0 Å². The van der Waals surface area contributed by atoms with Gasteiger partial charge in [0, 0.05) is 0 Å². The maximum absolute atomic E-state index is 15.3. The zero-order valence-electron chi connectivity index (χ0n) is 16.4. The van der Waals surface area contributed by atoms with Crippen LogP contribution in [0.1, 0.15) is 35.2 Å². The Hall–Kier alpha value is -2.78. The fourth-order valence-electron chi connectivity index (χ4n) is 4.93. The number of nitrogens with zero attached hydrogens (tertiary/aromatic N) is 1. The summed E-state index contributed by atoms with van der Waals surface area (Å²) in [6.07, 6.45) is 4.04. The maximum Gasteiger partial charge on any atom is 0.183 e. The van der Waals surface area contributed by atoms with Crippen LogP contribution in [0.3, 0.4) is 0 Å². The Labute approximate surface area is 171 Å². The summed E-state index contributed by atoms with van der Waals surface area (Å²) in [5.74, 6) is -0.431. The van der Waals surface area contributed by atoms with Crippen LogP contribution in [-0.2, 0) is 6.42 Å². The first-order valence-corrected chi connectivity index (χ1v) is 10.5. The predicted octanol–water partition coefficient (Wildman–Crippen LogP) is 5.75. The molecule has 3 aromatic rings. The van der Waals surface area contributed by atoms with Crippen molar-refractivity contribution in [2.24, 2.45) is 0 Å². The molecule has 3 aromatic carbocycles. The highest BCUT2D eigenvalue weighted by molar-refractivity contribution is 6.08. The summed E-state index contributed by atoms with van der Waals surface area (Å²) in [5.41, 5.74) is 5.05. The number of hydrogen-bond donors (Lipinski definition) is 0. The van der Waals surface area contributed by atoms with Crippen LogP contribution >= 0.6 is 0 Å². The van der Waals surface area contributed by atoms with Crippen LogP contribution < -0.4 is 0 Å². The number of piperidine rings is 1. The highest BCUT2D eigenvalue weighted by atomic mass is 19.1.